The number of carbonyl (C=O) groups is 1. The van der Waals surface area contributed by atoms with Crippen molar-refractivity contribution in [2.24, 2.45) is 5.92 Å². The van der Waals surface area contributed by atoms with Gasteiger partial charge < -0.3 is 18.9 Å². The number of carbonyl (C=O) groups excluding carboxylic acids is 1. The smallest absolute Gasteiger partial charge is 0.334 e. The summed E-state index contributed by atoms with van der Waals surface area (Å²) in [6, 6.07) is 5.59. The number of hydrogen-bond acceptors (Lipinski definition) is 5. The minimum absolute atomic E-state index is 0.0669. The number of esters is 1. The first-order valence-corrected chi connectivity index (χ1v) is 8.21. The molecular formula is C19H28O5. The first kappa shape index (κ1) is 20.0. The second kappa shape index (κ2) is 10.7. The zero-order chi connectivity index (χ0) is 17.9. The van der Waals surface area contributed by atoms with Gasteiger partial charge in [0.2, 0.25) is 0 Å². The van der Waals surface area contributed by atoms with Crippen molar-refractivity contribution in [3.8, 4) is 11.5 Å². The Morgan fingerprint density at radius 1 is 1.17 bits per heavy atom. The van der Waals surface area contributed by atoms with E-state index < -0.39 is 0 Å². The third kappa shape index (κ3) is 6.24. The first-order valence-electron chi connectivity index (χ1n) is 8.21. The average molecular weight is 336 g/mol. The molecule has 0 unspecified atom stereocenters. The van der Waals surface area contributed by atoms with Crippen LogP contribution in [0, 0.1) is 5.92 Å². The zero-order valence-corrected chi connectivity index (χ0v) is 15.3. The number of rotatable bonds is 10. The van der Waals surface area contributed by atoms with Gasteiger partial charge in [-0.15, -0.1) is 0 Å². The van der Waals surface area contributed by atoms with E-state index in [1.807, 2.05) is 38.1 Å². The molecule has 0 radical (unpaired) electrons. The van der Waals surface area contributed by atoms with E-state index in [4.69, 9.17) is 18.9 Å². The Morgan fingerprint density at radius 2 is 1.92 bits per heavy atom. The number of ether oxygens (including phenoxy) is 4. The van der Waals surface area contributed by atoms with Crippen LogP contribution in [0.4, 0.5) is 0 Å². The number of benzene rings is 1. The van der Waals surface area contributed by atoms with E-state index >= 15 is 0 Å². The molecule has 5 nitrogen and oxygen atoms in total. The van der Waals surface area contributed by atoms with Gasteiger partial charge >= 0.3 is 5.97 Å². The minimum Gasteiger partial charge on any atom is -0.493 e. The van der Waals surface area contributed by atoms with Crippen LogP contribution in [0.3, 0.4) is 0 Å². The van der Waals surface area contributed by atoms with Gasteiger partial charge in [0, 0.05) is 25.7 Å². The Labute approximate surface area is 144 Å². The summed E-state index contributed by atoms with van der Waals surface area (Å²) in [5.74, 6) is 1.09. The van der Waals surface area contributed by atoms with Crippen LogP contribution >= 0.6 is 0 Å². The van der Waals surface area contributed by atoms with Crippen LogP contribution in [0.25, 0.3) is 6.08 Å². The third-order valence-electron chi connectivity index (χ3n) is 3.39. The highest BCUT2D eigenvalue weighted by atomic mass is 16.5. The lowest BCUT2D eigenvalue weighted by Crippen LogP contribution is -2.12. The maximum atomic E-state index is 12.1. The summed E-state index contributed by atoms with van der Waals surface area (Å²) in [4.78, 5) is 12.1. The molecule has 1 rings (SSSR count). The van der Waals surface area contributed by atoms with E-state index in [9.17, 15) is 4.79 Å². The van der Waals surface area contributed by atoms with Crippen LogP contribution in [0.2, 0.25) is 0 Å². The maximum absolute atomic E-state index is 12.1. The molecule has 0 spiro atoms. The van der Waals surface area contributed by atoms with E-state index in [0.717, 1.165) is 12.0 Å². The summed E-state index contributed by atoms with van der Waals surface area (Å²) in [7, 11) is 3.26. The van der Waals surface area contributed by atoms with Crippen molar-refractivity contribution in [1.82, 2.24) is 0 Å². The van der Waals surface area contributed by atoms with Crippen molar-refractivity contribution in [2.45, 2.75) is 27.2 Å². The van der Waals surface area contributed by atoms with Gasteiger partial charge in [0.05, 0.1) is 20.3 Å². The summed E-state index contributed by atoms with van der Waals surface area (Å²) >= 11 is 0. The minimum atomic E-state index is -0.286. The summed E-state index contributed by atoms with van der Waals surface area (Å²) < 4.78 is 21.2. The standard InChI is InChI=1S/C19H28O5/c1-6-23-19(20)16(14(2)3)12-15-8-9-17(22-5)18(13-15)24-11-7-10-21-4/h8-9,12-14H,6-7,10-11H2,1-5H3/b16-12+. The van der Waals surface area contributed by atoms with Gasteiger partial charge in [0.15, 0.2) is 11.5 Å². The van der Waals surface area contributed by atoms with Gasteiger partial charge in [0.25, 0.3) is 0 Å². The monoisotopic (exact) mass is 336 g/mol. The molecular weight excluding hydrogens is 308 g/mol. The first-order chi connectivity index (χ1) is 11.5. The lowest BCUT2D eigenvalue weighted by Gasteiger charge is -2.13. The van der Waals surface area contributed by atoms with Crippen molar-refractivity contribution in [3.05, 3.63) is 29.3 Å². The zero-order valence-electron chi connectivity index (χ0n) is 15.3. The molecule has 0 bridgehead atoms. The van der Waals surface area contributed by atoms with Gasteiger partial charge in [-0.05, 0) is 36.6 Å². The molecule has 1 aromatic carbocycles. The fraction of sp³-hybridized carbons (Fsp3) is 0.526. The maximum Gasteiger partial charge on any atom is 0.334 e. The molecule has 5 heteroatoms. The highest BCUT2D eigenvalue weighted by molar-refractivity contribution is 5.94. The predicted molar refractivity (Wildman–Crippen MR) is 94.4 cm³/mol. The molecule has 0 heterocycles. The van der Waals surface area contributed by atoms with Gasteiger partial charge in [-0.3, -0.25) is 0 Å². The Morgan fingerprint density at radius 3 is 2.50 bits per heavy atom. The van der Waals surface area contributed by atoms with Crippen molar-refractivity contribution >= 4 is 12.0 Å². The topological polar surface area (TPSA) is 54.0 Å². The Hall–Kier alpha value is -2.01. The molecule has 0 fully saturated rings. The van der Waals surface area contributed by atoms with E-state index in [-0.39, 0.29) is 11.9 Å². The Balaban J connectivity index is 3.01. The van der Waals surface area contributed by atoms with Crippen LogP contribution in [0.15, 0.2) is 23.8 Å². The van der Waals surface area contributed by atoms with Gasteiger partial charge in [-0.25, -0.2) is 4.79 Å². The molecule has 1 aromatic rings. The Kier molecular flexibility index (Phi) is 8.94. The quantitative estimate of drug-likeness (QED) is 0.370. The van der Waals surface area contributed by atoms with Crippen molar-refractivity contribution < 1.29 is 23.7 Å². The van der Waals surface area contributed by atoms with Crippen molar-refractivity contribution in [3.63, 3.8) is 0 Å². The predicted octanol–water partition coefficient (Wildman–Crippen LogP) is 3.71. The lowest BCUT2D eigenvalue weighted by molar-refractivity contribution is -0.138. The van der Waals surface area contributed by atoms with Gasteiger partial charge in [-0.1, -0.05) is 19.9 Å². The lowest BCUT2D eigenvalue weighted by atomic mass is 10.00. The third-order valence-corrected chi connectivity index (χ3v) is 3.39. The van der Waals surface area contributed by atoms with E-state index in [1.165, 1.54) is 0 Å². The molecule has 0 N–H and O–H groups in total. The van der Waals surface area contributed by atoms with Gasteiger partial charge in [-0.2, -0.15) is 0 Å². The van der Waals surface area contributed by atoms with E-state index in [2.05, 4.69) is 0 Å². The second-order valence-electron chi connectivity index (χ2n) is 5.58. The summed E-state index contributed by atoms with van der Waals surface area (Å²) in [6.45, 7) is 7.27. The summed E-state index contributed by atoms with van der Waals surface area (Å²) in [5.41, 5.74) is 1.50. The van der Waals surface area contributed by atoms with Gasteiger partial charge in [0.1, 0.15) is 0 Å². The molecule has 0 aliphatic rings. The number of hydrogen-bond donors (Lipinski definition) is 0. The SMILES string of the molecule is CCOC(=O)/C(=C/c1ccc(OC)c(OCCCOC)c1)C(C)C. The highest BCUT2D eigenvalue weighted by Crippen LogP contribution is 2.29. The molecule has 0 amide bonds. The molecule has 0 saturated carbocycles. The average Bonchev–Trinajstić information content (AvgIpc) is 2.56. The van der Waals surface area contributed by atoms with Crippen molar-refractivity contribution in [1.29, 1.82) is 0 Å². The fourth-order valence-corrected chi connectivity index (χ4v) is 2.14. The fourth-order valence-electron chi connectivity index (χ4n) is 2.14. The molecule has 0 saturated heterocycles. The molecule has 0 atom stereocenters. The highest BCUT2D eigenvalue weighted by Gasteiger charge is 2.15. The van der Waals surface area contributed by atoms with Crippen LogP contribution in [0.1, 0.15) is 32.8 Å². The van der Waals surface area contributed by atoms with Crippen LogP contribution in [0.5, 0.6) is 11.5 Å². The molecule has 0 aliphatic heterocycles. The normalized spacial score (nSPS) is 11.5. The molecule has 0 aliphatic carbocycles. The molecule has 24 heavy (non-hydrogen) atoms. The van der Waals surface area contributed by atoms with E-state index in [1.54, 1.807) is 21.1 Å². The Bertz CT molecular complexity index is 549. The largest absolute Gasteiger partial charge is 0.493 e. The summed E-state index contributed by atoms with van der Waals surface area (Å²) in [6.07, 6.45) is 2.63. The molecule has 0 aromatic heterocycles. The number of methoxy groups -OCH3 is 2. The van der Waals surface area contributed by atoms with E-state index in [0.29, 0.717) is 36.9 Å². The summed E-state index contributed by atoms with van der Waals surface area (Å²) in [5, 5.41) is 0. The molecule has 134 valence electrons. The van der Waals surface area contributed by atoms with Crippen molar-refractivity contribution in [2.75, 3.05) is 34.0 Å². The van der Waals surface area contributed by atoms with Crippen LogP contribution < -0.4 is 9.47 Å². The van der Waals surface area contributed by atoms with Crippen LogP contribution in [-0.4, -0.2) is 40.0 Å². The second-order valence-corrected chi connectivity index (χ2v) is 5.58. The van der Waals surface area contributed by atoms with Crippen LogP contribution in [-0.2, 0) is 14.3 Å².